The summed E-state index contributed by atoms with van der Waals surface area (Å²) in [5.41, 5.74) is 0.838. The molecular formula is C8H3Cl2IN2. The molecular weight excluding hydrogens is 322 g/mol. The monoisotopic (exact) mass is 324 g/mol. The Morgan fingerprint density at radius 3 is 2.69 bits per heavy atom. The molecule has 0 fully saturated rings. The van der Waals surface area contributed by atoms with Crippen molar-refractivity contribution in [3.05, 3.63) is 32.2 Å². The van der Waals surface area contributed by atoms with E-state index in [1.165, 1.54) is 6.33 Å². The summed E-state index contributed by atoms with van der Waals surface area (Å²) in [6, 6.07) is 3.61. The smallest absolute Gasteiger partial charge is 0.140 e. The van der Waals surface area contributed by atoms with Crippen molar-refractivity contribution in [3.63, 3.8) is 0 Å². The van der Waals surface area contributed by atoms with Crippen LogP contribution in [0.4, 0.5) is 0 Å². The molecule has 0 saturated heterocycles. The Labute approximate surface area is 98.4 Å². The van der Waals surface area contributed by atoms with Crippen molar-refractivity contribution in [2.75, 3.05) is 0 Å². The van der Waals surface area contributed by atoms with Crippen LogP contribution < -0.4 is 0 Å². The van der Waals surface area contributed by atoms with E-state index in [2.05, 4.69) is 32.6 Å². The van der Waals surface area contributed by atoms with Crippen LogP contribution in [-0.4, -0.2) is 9.97 Å². The van der Waals surface area contributed by atoms with Crippen LogP contribution in [0.1, 0.15) is 0 Å². The first kappa shape index (κ1) is 9.43. The van der Waals surface area contributed by atoms with Gasteiger partial charge in [0.05, 0.1) is 5.52 Å². The number of rotatable bonds is 0. The second-order valence-corrected chi connectivity index (χ2v) is 4.40. The van der Waals surface area contributed by atoms with Crippen molar-refractivity contribution >= 4 is 56.7 Å². The van der Waals surface area contributed by atoms with Gasteiger partial charge in [0.15, 0.2) is 0 Å². The average Bonchev–Trinajstić information content (AvgIpc) is 2.07. The number of nitrogens with zero attached hydrogens (tertiary/aromatic N) is 2. The molecule has 0 unspecified atom stereocenters. The lowest BCUT2D eigenvalue weighted by atomic mass is 10.2. The van der Waals surface area contributed by atoms with Crippen LogP contribution in [0.2, 0.25) is 10.2 Å². The summed E-state index contributed by atoms with van der Waals surface area (Å²) in [6.07, 6.45) is 1.45. The molecule has 0 amide bonds. The standard InChI is InChI=1S/C8H3Cl2IN2/c9-4-1-5-7(6(11)2-4)12-3-13-8(5)10/h1-3H. The zero-order valence-electron chi connectivity index (χ0n) is 6.26. The summed E-state index contributed by atoms with van der Waals surface area (Å²) in [7, 11) is 0. The molecule has 0 spiro atoms. The molecule has 1 aromatic heterocycles. The maximum absolute atomic E-state index is 5.89. The van der Waals surface area contributed by atoms with Gasteiger partial charge in [-0.25, -0.2) is 9.97 Å². The molecule has 1 aromatic carbocycles. The first-order valence-electron chi connectivity index (χ1n) is 3.44. The van der Waals surface area contributed by atoms with Crippen LogP contribution in [0, 0.1) is 3.57 Å². The number of fused-ring (bicyclic) bond motifs is 1. The van der Waals surface area contributed by atoms with Crippen molar-refractivity contribution in [3.8, 4) is 0 Å². The van der Waals surface area contributed by atoms with Crippen molar-refractivity contribution in [1.82, 2.24) is 9.97 Å². The molecule has 66 valence electrons. The van der Waals surface area contributed by atoms with Crippen LogP contribution in [0.25, 0.3) is 10.9 Å². The fourth-order valence-corrected chi connectivity index (χ4v) is 2.42. The number of hydrogen-bond acceptors (Lipinski definition) is 2. The van der Waals surface area contributed by atoms with Crippen LogP contribution in [0.15, 0.2) is 18.5 Å². The highest BCUT2D eigenvalue weighted by molar-refractivity contribution is 14.1. The van der Waals surface area contributed by atoms with Gasteiger partial charge in [0.2, 0.25) is 0 Å². The molecule has 0 N–H and O–H groups in total. The molecule has 2 rings (SSSR count). The molecule has 5 heteroatoms. The van der Waals surface area contributed by atoms with E-state index < -0.39 is 0 Å². The fraction of sp³-hybridized carbons (Fsp3) is 0. The van der Waals surface area contributed by atoms with E-state index in [0.29, 0.717) is 10.2 Å². The normalized spacial score (nSPS) is 10.7. The molecule has 0 saturated carbocycles. The van der Waals surface area contributed by atoms with Gasteiger partial charge in [-0.3, -0.25) is 0 Å². The lowest BCUT2D eigenvalue weighted by Gasteiger charge is -2.01. The van der Waals surface area contributed by atoms with E-state index in [1.54, 1.807) is 6.07 Å². The second-order valence-electron chi connectivity index (χ2n) is 2.45. The summed E-state index contributed by atoms with van der Waals surface area (Å²) in [5.74, 6) is 0. The van der Waals surface area contributed by atoms with Gasteiger partial charge in [0.25, 0.3) is 0 Å². The van der Waals surface area contributed by atoms with Gasteiger partial charge in [-0.2, -0.15) is 0 Å². The molecule has 0 aliphatic carbocycles. The minimum absolute atomic E-state index is 0.436. The molecule has 13 heavy (non-hydrogen) atoms. The third-order valence-electron chi connectivity index (χ3n) is 1.61. The van der Waals surface area contributed by atoms with Crippen molar-refractivity contribution in [2.24, 2.45) is 0 Å². The summed E-state index contributed by atoms with van der Waals surface area (Å²) < 4.78 is 0.976. The van der Waals surface area contributed by atoms with Gasteiger partial charge in [0, 0.05) is 14.0 Å². The van der Waals surface area contributed by atoms with Gasteiger partial charge in [-0.05, 0) is 34.7 Å². The largest absolute Gasteiger partial charge is 0.235 e. The predicted molar refractivity (Wildman–Crippen MR) is 62.3 cm³/mol. The molecule has 0 atom stereocenters. The van der Waals surface area contributed by atoms with Gasteiger partial charge >= 0.3 is 0 Å². The molecule has 2 nitrogen and oxygen atoms in total. The third kappa shape index (κ3) is 1.73. The summed E-state index contributed by atoms with van der Waals surface area (Å²) in [6.45, 7) is 0. The fourth-order valence-electron chi connectivity index (χ4n) is 1.06. The van der Waals surface area contributed by atoms with E-state index in [0.717, 1.165) is 14.5 Å². The van der Waals surface area contributed by atoms with Crippen LogP contribution >= 0.6 is 45.8 Å². The van der Waals surface area contributed by atoms with Crippen LogP contribution in [0.5, 0.6) is 0 Å². The van der Waals surface area contributed by atoms with Crippen molar-refractivity contribution < 1.29 is 0 Å². The van der Waals surface area contributed by atoms with Crippen LogP contribution in [-0.2, 0) is 0 Å². The Hall–Kier alpha value is -0.130. The molecule has 0 aliphatic heterocycles. The predicted octanol–water partition coefficient (Wildman–Crippen LogP) is 3.54. The number of aromatic nitrogens is 2. The highest BCUT2D eigenvalue weighted by Crippen LogP contribution is 2.27. The zero-order valence-corrected chi connectivity index (χ0v) is 9.93. The molecule has 1 heterocycles. The second kappa shape index (κ2) is 3.55. The minimum atomic E-state index is 0.436. The van der Waals surface area contributed by atoms with E-state index in [1.807, 2.05) is 6.07 Å². The van der Waals surface area contributed by atoms with Gasteiger partial charge in [-0.15, -0.1) is 0 Å². The third-order valence-corrected chi connectivity index (χ3v) is 2.95. The topological polar surface area (TPSA) is 25.8 Å². The number of halogens is 3. The van der Waals surface area contributed by atoms with Gasteiger partial charge < -0.3 is 0 Å². The van der Waals surface area contributed by atoms with E-state index in [4.69, 9.17) is 23.2 Å². The van der Waals surface area contributed by atoms with E-state index >= 15 is 0 Å². The Kier molecular flexibility index (Phi) is 2.58. The number of benzene rings is 1. The van der Waals surface area contributed by atoms with Crippen molar-refractivity contribution in [1.29, 1.82) is 0 Å². The molecule has 0 bridgehead atoms. The molecule has 2 aromatic rings. The Morgan fingerprint density at radius 2 is 1.92 bits per heavy atom. The molecule has 0 radical (unpaired) electrons. The Bertz CT molecular complexity index is 473. The van der Waals surface area contributed by atoms with Gasteiger partial charge in [-0.1, -0.05) is 23.2 Å². The van der Waals surface area contributed by atoms with Crippen molar-refractivity contribution in [2.45, 2.75) is 0 Å². The Morgan fingerprint density at radius 1 is 1.15 bits per heavy atom. The zero-order chi connectivity index (χ0) is 9.42. The first-order valence-corrected chi connectivity index (χ1v) is 5.27. The maximum Gasteiger partial charge on any atom is 0.140 e. The highest BCUT2D eigenvalue weighted by Gasteiger charge is 2.05. The summed E-state index contributed by atoms with van der Waals surface area (Å²) >= 11 is 13.9. The highest BCUT2D eigenvalue weighted by atomic mass is 127. The Balaban J connectivity index is 2.94. The van der Waals surface area contributed by atoms with Crippen LogP contribution in [0.3, 0.4) is 0 Å². The van der Waals surface area contributed by atoms with E-state index in [-0.39, 0.29) is 0 Å². The lowest BCUT2D eigenvalue weighted by molar-refractivity contribution is 1.22. The molecule has 0 aliphatic rings. The summed E-state index contributed by atoms with van der Waals surface area (Å²) in [5, 5.41) is 1.88. The van der Waals surface area contributed by atoms with Gasteiger partial charge in [0.1, 0.15) is 11.5 Å². The quantitative estimate of drug-likeness (QED) is 0.547. The minimum Gasteiger partial charge on any atom is -0.235 e. The summed E-state index contributed by atoms with van der Waals surface area (Å²) in [4.78, 5) is 8.00. The maximum atomic E-state index is 5.89. The number of hydrogen-bond donors (Lipinski definition) is 0. The lowest BCUT2D eigenvalue weighted by Crippen LogP contribution is -1.86. The SMILES string of the molecule is Clc1cc(I)c2ncnc(Cl)c2c1. The average molecular weight is 325 g/mol. The van der Waals surface area contributed by atoms with E-state index in [9.17, 15) is 0 Å². The first-order chi connectivity index (χ1) is 6.18.